The van der Waals surface area contributed by atoms with Crippen molar-refractivity contribution >= 4 is 5.97 Å². The lowest BCUT2D eigenvalue weighted by Gasteiger charge is -2.35. The van der Waals surface area contributed by atoms with Crippen LogP contribution in [0.4, 0.5) is 0 Å². The molecule has 122 valence electrons. The van der Waals surface area contributed by atoms with Gasteiger partial charge in [0, 0.05) is 5.56 Å². The minimum atomic E-state index is -0.772. The van der Waals surface area contributed by atoms with Crippen LogP contribution in [-0.4, -0.2) is 18.2 Å². The van der Waals surface area contributed by atoms with Crippen LogP contribution in [0, 0.1) is 0 Å². The Morgan fingerprint density at radius 3 is 2.36 bits per heavy atom. The Kier molecular flexibility index (Phi) is 5.49. The first kappa shape index (κ1) is 16.9. The maximum absolute atomic E-state index is 12.1. The van der Waals surface area contributed by atoms with Crippen LogP contribution in [0.2, 0.25) is 0 Å². The molecule has 3 heteroatoms. The maximum atomic E-state index is 12.1. The van der Waals surface area contributed by atoms with Gasteiger partial charge in [-0.3, -0.25) is 4.79 Å². The number of ether oxygens (including phenoxy) is 1. The van der Waals surface area contributed by atoms with E-state index >= 15 is 0 Å². The van der Waals surface area contributed by atoms with E-state index in [2.05, 4.69) is 26.0 Å². The number of carboxylic acid groups (broad SMARTS) is 1. The summed E-state index contributed by atoms with van der Waals surface area (Å²) in [7, 11) is 1.63. The fourth-order valence-electron chi connectivity index (χ4n) is 3.87. The first-order valence-corrected chi connectivity index (χ1v) is 8.50. The highest BCUT2D eigenvalue weighted by atomic mass is 16.5. The predicted octanol–water partition coefficient (Wildman–Crippen LogP) is 4.89. The number of methoxy groups -OCH3 is 1. The van der Waals surface area contributed by atoms with E-state index in [-0.39, 0.29) is 0 Å². The number of carbonyl (C=O) groups is 1. The molecule has 0 radical (unpaired) electrons. The molecule has 0 saturated heterocycles. The van der Waals surface area contributed by atoms with Gasteiger partial charge in [-0.2, -0.15) is 0 Å². The van der Waals surface area contributed by atoms with Gasteiger partial charge in [0.15, 0.2) is 0 Å². The van der Waals surface area contributed by atoms with Crippen LogP contribution in [0.1, 0.15) is 75.8 Å². The molecule has 0 unspecified atom stereocenters. The molecule has 22 heavy (non-hydrogen) atoms. The Hall–Kier alpha value is -1.51. The zero-order valence-electron chi connectivity index (χ0n) is 14.0. The van der Waals surface area contributed by atoms with Gasteiger partial charge >= 0.3 is 5.97 Å². The van der Waals surface area contributed by atoms with Crippen molar-refractivity contribution in [2.45, 2.75) is 70.1 Å². The van der Waals surface area contributed by atoms with E-state index in [0.29, 0.717) is 18.8 Å². The second-order valence-corrected chi connectivity index (χ2v) is 6.42. The molecule has 1 saturated carbocycles. The Bertz CT molecular complexity index is 511. The first-order valence-electron chi connectivity index (χ1n) is 8.50. The largest absolute Gasteiger partial charge is 0.496 e. The van der Waals surface area contributed by atoms with Crippen LogP contribution in [-0.2, 0) is 10.2 Å². The monoisotopic (exact) mass is 304 g/mol. The van der Waals surface area contributed by atoms with Crippen LogP contribution >= 0.6 is 0 Å². The van der Waals surface area contributed by atoms with Crippen molar-refractivity contribution in [2.75, 3.05) is 7.11 Å². The van der Waals surface area contributed by atoms with Gasteiger partial charge in [0.05, 0.1) is 12.5 Å². The highest BCUT2D eigenvalue weighted by Gasteiger charge is 2.43. The van der Waals surface area contributed by atoms with Gasteiger partial charge in [-0.05, 0) is 43.2 Å². The molecule has 1 aromatic rings. The van der Waals surface area contributed by atoms with Crippen molar-refractivity contribution < 1.29 is 14.6 Å². The third-order valence-corrected chi connectivity index (χ3v) is 5.31. The van der Waals surface area contributed by atoms with Crippen molar-refractivity contribution in [1.29, 1.82) is 0 Å². The van der Waals surface area contributed by atoms with Gasteiger partial charge < -0.3 is 9.84 Å². The summed E-state index contributed by atoms with van der Waals surface area (Å²) in [6.07, 6.45) is 6.65. The minimum absolute atomic E-state index is 0.485. The fraction of sp³-hybridized carbons (Fsp3) is 0.632. The molecule has 1 N–H and O–H groups in total. The van der Waals surface area contributed by atoms with Crippen LogP contribution in [0.15, 0.2) is 18.2 Å². The average Bonchev–Trinajstić information content (AvgIpc) is 2.56. The quantitative estimate of drug-likeness (QED) is 0.814. The summed E-state index contributed by atoms with van der Waals surface area (Å²) in [5.41, 5.74) is 1.35. The van der Waals surface area contributed by atoms with E-state index in [0.717, 1.165) is 43.4 Å². The van der Waals surface area contributed by atoms with Crippen LogP contribution in [0.3, 0.4) is 0 Å². The molecule has 1 aromatic carbocycles. The zero-order valence-corrected chi connectivity index (χ0v) is 14.0. The van der Waals surface area contributed by atoms with E-state index in [1.807, 2.05) is 6.07 Å². The lowest BCUT2D eigenvalue weighted by Crippen LogP contribution is -2.38. The fourth-order valence-corrected chi connectivity index (χ4v) is 3.87. The Morgan fingerprint density at radius 2 is 1.86 bits per heavy atom. The summed E-state index contributed by atoms with van der Waals surface area (Å²) in [5.74, 6) is 0.505. The Balaban J connectivity index is 2.54. The summed E-state index contributed by atoms with van der Waals surface area (Å²) in [5, 5.41) is 9.95. The molecule has 3 nitrogen and oxygen atoms in total. The molecule has 0 aliphatic heterocycles. The second-order valence-electron chi connectivity index (χ2n) is 6.42. The third kappa shape index (κ3) is 2.99. The lowest BCUT2D eigenvalue weighted by atomic mass is 9.68. The summed E-state index contributed by atoms with van der Waals surface area (Å²) in [6, 6.07) is 6.16. The Morgan fingerprint density at radius 1 is 1.23 bits per heavy atom. The SMILES string of the molecule is CCC(CC)c1ccc(OC)c(C2(C(=O)O)CCCCC2)c1. The van der Waals surface area contributed by atoms with E-state index in [1.165, 1.54) is 5.56 Å². The van der Waals surface area contributed by atoms with Crippen molar-refractivity contribution in [2.24, 2.45) is 0 Å². The molecule has 1 aliphatic carbocycles. The van der Waals surface area contributed by atoms with Gasteiger partial charge in [0.2, 0.25) is 0 Å². The van der Waals surface area contributed by atoms with Gasteiger partial charge in [0.25, 0.3) is 0 Å². The molecular weight excluding hydrogens is 276 g/mol. The molecule has 0 aromatic heterocycles. The van der Waals surface area contributed by atoms with Crippen LogP contribution < -0.4 is 4.74 Å². The van der Waals surface area contributed by atoms with Crippen LogP contribution in [0.5, 0.6) is 5.75 Å². The maximum Gasteiger partial charge on any atom is 0.314 e. The van der Waals surface area contributed by atoms with Gasteiger partial charge in [-0.1, -0.05) is 45.2 Å². The molecule has 0 heterocycles. The zero-order chi connectivity index (χ0) is 16.2. The standard InChI is InChI=1S/C19H28O3/c1-4-14(5-2)15-9-10-17(22-3)16(13-15)19(18(20)21)11-7-6-8-12-19/h9-10,13-14H,4-8,11-12H2,1-3H3,(H,20,21). The summed E-state index contributed by atoms with van der Waals surface area (Å²) < 4.78 is 5.51. The molecule has 1 aliphatic rings. The molecule has 2 rings (SSSR count). The summed E-state index contributed by atoms with van der Waals surface area (Å²) in [4.78, 5) is 12.1. The third-order valence-electron chi connectivity index (χ3n) is 5.31. The first-order chi connectivity index (χ1) is 10.6. The van der Waals surface area contributed by atoms with E-state index in [9.17, 15) is 9.90 Å². The topological polar surface area (TPSA) is 46.5 Å². The minimum Gasteiger partial charge on any atom is -0.496 e. The number of rotatable bonds is 6. The summed E-state index contributed by atoms with van der Waals surface area (Å²) >= 11 is 0. The molecule has 1 fully saturated rings. The van der Waals surface area contributed by atoms with Crippen molar-refractivity contribution in [1.82, 2.24) is 0 Å². The number of hydrogen-bond donors (Lipinski definition) is 1. The average molecular weight is 304 g/mol. The summed E-state index contributed by atoms with van der Waals surface area (Å²) in [6.45, 7) is 4.37. The van der Waals surface area contributed by atoms with Gasteiger partial charge in [-0.25, -0.2) is 0 Å². The van der Waals surface area contributed by atoms with Gasteiger partial charge in [0.1, 0.15) is 5.75 Å². The predicted molar refractivity (Wildman–Crippen MR) is 88.7 cm³/mol. The highest BCUT2D eigenvalue weighted by Crippen LogP contribution is 2.44. The number of hydrogen-bond acceptors (Lipinski definition) is 2. The van der Waals surface area contributed by atoms with Crippen molar-refractivity contribution in [3.8, 4) is 5.75 Å². The van der Waals surface area contributed by atoms with Crippen LogP contribution in [0.25, 0.3) is 0 Å². The lowest BCUT2D eigenvalue weighted by molar-refractivity contribution is -0.145. The normalized spacial score (nSPS) is 17.5. The smallest absolute Gasteiger partial charge is 0.314 e. The number of carboxylic acids is 1. The molecule has 0 bridgehead atoms. The number of benzene rings is 1. The molecular formula is C19H28O3. The van der Waals surface area contributed by atoms with Crippen molar-refractivity contribution in [3.63, 3.8) is 0 Å². The second kappa shape index (κ2) is 7.17. The van der Waals surface area contributed by atoms with E-state index in [4.69, 9.17) is 4.74 Å². The molecule has 0 spiro atoms. The Labute approximate surface area is 133 Å². The molecule has 0 atom stereocenters. The van der Waals surface area contributed by atoms with Crippen molar-refractivity contribution in [3.05, 3.63) is 29.3 Å². The highest BCUT2D eigenvalue weighted by molar-refractivity contribution is 5.82. The number of aliphatic carboxylic acids is 1. The van der Waals surface area contributed by atoms with E-state index in [1.54, 1.807) is 7.11 Å². The molecule has 0 amide bonds. The van der Waals surface area contributed by atoms with E-state index < -0.39 is 11.4 Å². The van der Waals surface area contributed by atoms with Gasteiger partial charge in [-0.15, -0.1) is 0 Å².